The number of hydrogen-bond donors (Lipinski definition) is 0. The molecule has 168 valence electrons. The first-order valence-corrected chi connectivity index (χ1v) is 11.5. The van der Waals surface area contributed by atoms with Crippen LogP contribution in [0.5, 0.6) is 0 Å². The maximum atomic E-state index is 12.7. The van der Waals surface area contributed by atoms with E-state index in [2.05, 4.69) is 10.3 Å². The van der Waals surface area contributed by atoms with E-state index in [-0.39, 0.29) is 23.6 Å². The summed E-state index contributed by atoms with van der Waals surface area (Å²) in [5.74, 6) is -0.503. The number of carbonyl (C=O) groups is 1. The van der Waals surface area contributed by atoms with Gasteiger partial charge in [-0.2, -0.15) is 8.99 Å². The number of nitrogens with zero attached hydrogens (tertiary/aromatic N) is 4. The number of ether oxygens (including phenoxy) is 2. The van der Waals surface area contributed by atoms with E-state index in [9.17, 15) is 18.0 Å². The summed E-state index contributed by atoms with van der Waals surface area (Å²) in [5, 5.41) is 8.11. The van der Waals surface area contributed by atoms with Crippen LogP contribution in [0, 0.1) is 0 Å². The minimum absolute atomic E-state index is 0.0747. The summed E-state index contributed by atoms with van der Waals surface area (Å²) >= 11 is 0. The molecule has 0 radical (unpaired) electrons. The molecule has 2 aromatic carbocycles. The number of hydrogen-bond acceptors (Lipinski definition) is 8. The Balaban J connectivity index is 1.31. The Morgan fingerprint density at radius 1 is 1.06 bits per heavy atom. The van der Waals surface area contributed by atoms with E-state index in [4.69, 9.17) is 9.47 Å². The Morgan fingerprint density at radius 3 is 2.53 bits per heavy atom. The minimum Gasteiger partial charge on any atom is -0.442 e. The van der Waals surface area contributed by atoms with Crippen LogP contribution in [0.4, 0.5) is 0 Å². The number of esters is 1. The largest absolute Gasteiger partial charge is 0.442 e. The minimum atomic E-state index is -3.55. The number of rotatable bonds is 7. The summed E-state index contributed by atoms with van der Waals surface area (Å²) in [4.78, 5) is 24.7. The smallest absolute Gasteiger partial charge is 0.307 e. The molecule has 3 aromatic rings. The van der Waals surface area contributed by atoms with E-state index in [1.165, 1.54) is 16.4 Å². The number of carbonyl (C=O) groups excluding carboxylic acids is 1. The average molecular weight is 458 g/mol. The molecule has 1 aliphatic rings. The van der Waals surface area contributed by atoms with Crippen molar-refractivity contribution in [3.63, 3.8) is 0 Å². The highest BCUT2D eigenvalue weighted by atomic mass is 32.2. The van der Waals surface area contributed by atoms with Crippen molar-refractivity contribution in [2.24, 2.45) is 0 Å². The van der Waals surface area contributed by atoms with E-state index in [0.29, 0.717) is 43.6 Å². The Morgan fingerprint density at radius 2 is 1.78 bits per heavy atom. The van der Waals surface area contributed by atoms with Crippen molar-refractivity contribution in [1.29, 1.82) is 0 Å². The van der Waals surface area contributed by atoms with Gasteiger partial charge < -0.3 is 9.47 Å². The zero-order valence-electron chi connectivity index (χ0n) is 17.2. The summed E-state index contributed by atoms with van der Waals surface area (Å²) in [6, 6.07) is 13.2. The van der Waals surface area contributed by atoms with Gasteiger partial charge >= 0.3 is 5.97 Å². The third-order valence-electron chi connectivity index (χ3n) is 5.13. The van der Waals surface area contributed by atoms with Crippen molar-refractivity contribution in [1.82, 2.24) is 19.3 Å². The van der Waals surface area contributed by atoms with Crippen molar-refractivity contribution >= 4 is 26.9 Å². The van der Waals surface area contributed by atoms with Crippen LogP contribution in [-0.4, -0.2) is 60.0 Å². The first-order chi connectivity index (χ1) is 15.4. The second-order valence-corrected chi connectivity index (χ2v) is 9.16. The third-order valence-corrected chi connectivity index (χ3v) is 7.04. The lowest BCUT2D eigenvalue weighted by atomic mass is 10.1. The highest BCUT2D eigenvalue weighted by Gasteiger charge is 2.26. The summed E-state index contributed by atoms with van der Waals surface area (Å²) in [5.41, 5.74) is 0.880. The van der Waals surface area contributed by atoms with Gasteiger partial charge in [-0.25, -0.2) is 8.42 Å². The summed E-state index contributed by atoms with van der Waals surface area (Å²) in [7, 11) is -3.55. The van der Waals surface area contributed by atoms with Gasteiger partial charge in [-0.15, -0.1) is 5.10 Å². The topological polar surface area (TPSA) is 121 Å². The summed E-state index contributed by atoms with van der Waals surface area (Å²) < 4.78 is 38.0. The van der Waals surface area contributed by atoms with Gasteiger partial charge in [0.1, 0.15) is 5.52 Å². The molecule has 4 rings (SSSR count). The molecule has 1 fully saturated rings. The van der Waals surface area contributed by atoms with Crippen molar-refractivity contribution in [3.8, 4) is 0 Å². The maximum Gasteiger partial charge on any atom is 0.307 e. The van der Waals surface area contributed by atoms with Gasteiger partial charge in [0.25, 0.3) is 5.56 Å². The van der Waals surface area contributed by atoms with Crippen LogP contribution in [0.3, 0.4) is 0 Å². The van der Waals surface area contributed by atoms with E-state index >= 15 is 0 Å². The predicted molar refractivity (Wildman–Crippen MR) is 114 cm³/mol. The fraction of sp³-hybridized carbons (Fsp3) is 0.333. The molecular weight excluding hydrogens is 436 g/mol. The van der Waals surface area contributed by atoms with Gasteiger partial charge in [-0.05, 0) is 36.2 Å². The molecule has 0 aliphatic carbocycles. The molecule has 0 amide bonds. The zero-order valence-corrected chi connectivity index (χ0v) is 18.0. The number of benzene rings is 2. The Bertz CT molecular complexity index is 1270. The van der Waals surface area contributed by atoms with E-state index in [1.54, 1.807) is 36.4 Å². The number of morpholine rings is 1. The lowest BCUT2D eigenvalue weighted by Crippen LogP contribution is -2.40. The normalized spacial score (nSPS) is 15.0. The number of sulfonamides is 1. The molecule has 0 bridgehead atoms. The van der Waals surface area contributed by atoms with E-state index in [1.807, 2.05) is 0 Å². The molecule has 1 aromatic heterocycles. The van der Waals surface area contributed by atoms with Gasteiger partial charge in [0.05, 0.1) is 23.5 Å². The molecule has 0 unspecified atom stereocenters. The molecule has 1 saturated heterocycles. The van der Waals surface area contributed by atoms with Crippen molar-refractivity contribution in [2.45, 2.75) is 24.5 Å². The molecule has 10 nitrogen and oxygen atoms in total. The highest BCUT2D eigenvalue weighted by molar-refractivity contribution is 7.89. The second kappa shape index (κ2) is 9.55. The van der Waals surface area contributed by atoms with Gasteiger partial charge in [0, 0.05) is 19.5 Å². The number of aryl methyl sites for hydroxylation is 1. The second-order valence-electron chi connectivity index (χ2n) is 7.22. The zero-order chi connectivity index (χ0) is 22.6. The third kappa shape index (κ3) is 4.85. The molecule has 32 heavy (non-hydrogen) atoms. The fourth-order valence-electron chi connectivity index (χ4n) is 3.32. The van der Waals surface area contributed by atoms with E-state index in [0.717, 1.165) is 10.2 Å². The molecule has 0 saturated carbocycles. The van der Waals surface area contributed by atoms with Gasteiger partial charge in [0.15, 0.2) is 6.73 Å². The predicted octanol–water partition coefficient (Wildman–Crippen LogP) is 0.946. The first-order valence-electron chi connectivity index (χ1n) is 10.1. The maximum absolute atomic E-state index is 12.7. The Labute approximate surface area is 184 Å². The van der Waals surface area contributed by atoms with E-state index < -0.39 is 16.0 Å². The Kier molecular flexibility index (Phi) is 6.58. The van der Waals surface area contributed by atoms with Gasteiger partial charge in [-0.1, -0.05) is 29.5 Å². The van der Waals surface area contributed by atoms with Crippen molar-refractivity contribution < 1.29 is 22.7 Å². The lowest BCUT2D eigenvalue weighted by Gasteiger charge is -2.26. The molecule has 11 heteroatoms. The standard InChI is InChI=1S/C21H22N4O6S/c26-20(31-15-25-21(27)18-3-1-2-4-19(18)22-23-25)10-7-16-5-8-17(9-6-16)32(28,29)24-11-13-30-14-12-24/h1-6,8-9H,7,10-15H2. The van der Waals surface area contributed by atoms with Crippen LogP contribution in [0.1, 0.15) is 12.0 Å². The van der Waals surface area contributed by atoms with Gasteiger partial charge in [-0.3, -0.25) is 9.59 Å². The van der Waals surface area contributed by atoms with Gasteiger partial charge in [0.2, 0.25) is 10.0 Å². The molecule has 1 aliphatic heterocycles. The summed E-state index contributed by atoms with van der Waals surface area (Å²) in [6.07, 6.45) is 0.445. The van der Waals surface area contributed by atoms with Crippen molar-refractivity contribution in [3.05, 3.63) is 64.4 Å². The molecule has 0 atom stereocenters. The van der Waals surface area contributed by atoms with Crippen LogP contribution >= 0.6 is 0 Å². The van der Waals surface area contributed by atoms with Crippen LogP contribution < -0.4 is 5.56 Å². The SMILES string of the molecule is O=C(CCc1ccc(S(=O)(=O)N2CCOCC2)cc1)OCn1nnc2ccccc2c1=O. The van der Waals surface area contributed by atoms with Crippen LogP contribution in [0.25, 0.3) is 10.9 Å². The first kappa shape index (κ1) is 22.1. The summed E-state index contributed by atoms with van der Waals surface area (Å²) in [6.45, 7) is 1.11. The molecule has 0 spiro atoms. The molecular formula is C21H22N4O6S. The molecule has 0 N–H and O–H groups in total. The molecule has 2 heterocycles. The number of fused-ring (bicyclic) bond motifs is 1. The van der Waals surface area contributed by atoms with Crippen LogP contribution in [0.2, 0.25) is 0 Å². The van der Waals surface area contributed by atoms with Crippen LogP contribution in [0.15, 0.2) is 58.2 Å². The monoisotopic (exact) mass is 458 g/mol. The quantitative estimate of drug-likeness (QED) is 0.480. The fourth-order valence-corrected chi connectivity index (χ4v) is 4.73. The highest BCUT2D eigenvalue weighted by Crippen LogP contribution is 2.18. The Hall–Kier alpha value is -3.15. The number of aromatic nitrogens is 3. The lowest BCUT2D eigenvalue weighted by molar-refractivity contribution is -0.148. The van der Waals surface area contributed by atoms with Crippen LogP contribution in [-0.2, 0) is 37.4 Å². The average Bonchev–Trinajstić information content (AvgIpc) is 2.83. The van der Waals surface area contributed by atoms with Crippen molar-refractivity contribution in [2.75, 3.05) is 26.3 Å².